The summed E-state index contributed by atoms with van der Waals surface area (Å²) in [5.74, 6) is 2.11. The second-order valence-corrected chi connectivity index (χ2v) is 6.45. The van der Waals surface area contributed by atoms with Crippen LogP contribution in [-0.2, 0) is 13.2 Å². The topological polar surface area (TPSA) is 52.6 Å². The highest BCUT2D eigenvalue weighted by Crippen LogP contribution is 2.28. The van der Waals surface area contributed by atoms with E-state index in [0.717, 1.165) is 35.7 Å². The molecule has 1 heterocycles. The number of pyridine rings is 1. The van der Waals surface area contributed by atoms with Crippen LogP contribution >= 0.6 is 0 Å². The molecule has 0 saturated carbocycles. The van der Waals surface area contributed by atoms with E-state index in [4.69, 9.17) is 14.2 Å². The van der Waals surface area contributed by atoms with Gasteiger partial charge in [-0.1, -0.05) is 42.0 Å². The maximum absolute atomic E-state index is 5.93. The lowest BCUT2D eigenvalue weighted by atomic mass is 10.1. The Labute approximate surface area is 166 Å². The zero-order valence-electron chi connectivity index (χ0n) is 16.4. The van der Waals surface area contributed by atoms with Crippen LogP contribution in [0.5, 0.6) is 17.4 Å². The molecule has 5 heteroatoms. The molecule has 0 spiro atoms. The smallest absolute Gasteiger partial charge is 0.213 e. The minimum Gasteiger partial charge on any atom is -0.493 e. The highest BCUT2D eigenvalue weighted by Gasteiger charge is 2.06. The Morgan fingerprint density at radius 3 is 2.46 bits per heavy atom. The molecule has 0 amide bonds. The van der Waals surface area contributed by atoms with E-state index in [2.05, 4.69) is 41.5 Å². The number of methoxy groups -OCH3 is 1. The van der Waals surface area contributed by atoms with Gasteiger partial charge in [-0.25, -0.2) is 4.98 Å². The van der Waals surface area contributed by atoms with Crippen molar-refractivity contribution < 1.29 is 14.2 Å². The molecule has 0 fully saturated rings. The van der Waals surface area contributed by atoms with Crippen LogP contribution in [0.1, 0.15) is 16.7 Å². The number of benzene rings is 2. The summed E-state index contributed by atoms with van der Waals surface area (Å²) in [6.45, 7) is 4.60. The fourth-order valence-corrected chi connectivity index (χ4v) is 2.68. The number of aromatic nitrogens is 1. The molecule has 0 aliphatic heterocycles. The van der Waals surface area contributed by atoms with E-state index in [1.165, 1.54) is 5.56 Å². The molecule has 5 nitrogen and oxygen atoms in total. The summed E-state index contributed by atoms with van der Waals surface area (Å²) in [6.07, 6.45) is 1.72. The maximum atomic E-state index is 5.93. The lowest BCUT2D eigenvalue weighted by Gasteiger charge is -2.13. The van der Waals surface area contributed by atoms with Crippen LogP contribution in [0.2, 0.25) is 0 Å². The van der Waals surface area contributed by atoms with Gasteiger partial charge in [0.1, 0.15) is 13.2 Å². The summed E-state index contributed by atoms with van der Waals surface area (Å²) in [5, 5.41) is 3.36. The van der Waals surface area contributed by atoms with Gasteiger partial charge < -0.3 is 19.5 Å². The van der Waals surface area contributed by atoms with Gasteiger partial charge in [0.05, 0.1) is 7.11 Å². The van der Waals surface area contributed by atoms with E-state index in [0.29, 0.717) is 19.1 Å². The molecule has 3 rings (SSSR count). The number of rotatable bonds is 10. The number of aryl methyl sites for hydroxylation is 1. The summed E-state index contributed by atoms with van der Waals surface area (Å²) in [7, 11) is 1.66. The first kappa shape index (κ1) is 19.7. The average Bonchev–Trinajstić information content (AvgIpc) is 2.74. The number of hydrogen-bond acceptors (Lipinski definition) is 5. The minimum atomic E-state index is 0.513. The monoisotopic (exact) mass is 378 g/mol. The molecule has 28 heavy (non-hydrogen) atoms. The molecule has 0 atom stereocenters. The van der Waals surface area contributed by atoms with Gasteiger partial charge in [-0.05, 0) is 36.2 Å². The Bertz CT molecular complexity index is 851. The molecular formula is C23H26N2O3. The van der Waals surface area contributed by atoms with Crippen molar-refractivity contribution in [3.63, 3.8) is 0 Å². The molecule has 1 aromatic heterocycles. The first-order chi connectivity index (χ1) is 13.7. The highest BCUT2D eigenvalue weighted by atomic mass is 16.5. The summed E-state index contributed by atoms with van der Waals surface area (Å²) in [6, 6.07) is 19.9. The lowest BCUT2D eigenvalue weighted by molar-refractivity contribution is 0.284. The van der Waals surface area contributed by atoms with Gasteiger partial charge in [-0.3, -0.25) is 0 Å². The fraction of sp³-hybridized carbons (Fsp3) is 0.261. The van der Waals surface area contributed by atoms with Crippen LogP contribution in [0.15, 0.2) is 66.9 Å². The second-order valence-electron chi connectivity index (χ2n) is 6.45. The number of nitrogens with one attached hydrogen (secondary N) is 1. The summed E-state index contributed by atoms with van der Waals surface area (Å²) in [4.78, 5) is 4.13. The molecule has 3 aromatic rings. The molecule has 1 N–H and O–H groups in total. The predicted molar refractivity (Wildman–Crippen MR) is 110 cm³/mol. The third-order valence-electron chi connectivity index (χ3n) is 4.24. The van der Waals surface area contributed by atoms with Crippen LogP contribution in [0.3, 0.4) is 0 Å². The summed E-state index contributed by atoms with van der Waals surface area (Å²) >= 11 is 0. The lowest BCUT2D eigenvalue weighted by Crippen LogP contribution is -2.20. The van der Waals surface area contributed by atoms with Gasteiger partial charge in [0.2, 0.25) is 5.88 Å². The average molecular weight is 378 g/mol. The molecule has 2 aromatic carbocycles. The molecule has 0 aliphatic rings. The molecule has 146 valence electrons. The Hall–Kier alpha value is -3.05. The molecule has 0 unspecified atom stereocenters. The Kier molecular flexibility index (Phi) is 7.27. The molecule has 0 bridgehead atoms. The molecule has 0 radical (unpaired) electrons. The van der Waals surface area contributed by atoms with Crippen molar-refractivity contribution in [2.75, 3.05) is 20.3 Å². The number of ether oxygens (including phenoxy) is 3. The van der Waals surface area contributed by atoms with E-state index in [9.17, 15) is 0 Å². The van der Waals surface area contributed by atoms with E-state index >= 15 is 0 Å². The van der Waals surface area contributed by atoms with Gasteiger partial charge in [0.25, 0.3) is 0 Å². The van der Waals surface area contributed by atoms with Gasteiger partial charge in [0.15, 0.2) is 11.5 Å². The Morgan fingerprint density at radius 2 is 1.71 bits per heavy atom. The van der Waals surface area contributed by atoms with Crippen LogP contribution in [0, 0.1) is 6.92 Å². The molecule has 0 saturated heterocycles. The Morgan fingerprint density at radius 1 is 0.893 bits per heavy atom. The SMILES string of the molecule is COc1cc(CNCCOc2ccccn2)ccc1OCc1ccc(C)cc1. The second kappa shape index (κ2) is 10.3. The first-order valence-corrected chi connectivity index (χ1v) is 9.34. The van der Waals surface area contributed by atoms with E-state index in [-0.39, 0.29) is 0 Å². The Balaban J connectivity index is 1.46. The highest BCUT2D eigenvalue weighted by molar-refractivity contribution is 5.43. The predicted octanol–water partition coefficient (Wildman–Crippen LogP) is 4.15. The van der Waals surface area contributed by atoms with Crippen molar-refractivity contribution in [3.05, 3.63) is 83.6 Å². The van der Waals surface area contributed by atoms with Crippen LogP contribution in [0.25, 0.3) is 0 Å². The summed E-state index contributed by atoms with van der Waals surface area (Å²) in [5.41, 5.74) is 3.49. The first-order valence-electron chi connectivity index (χ1n) is 9.34. The molecule has 0 aliphatic carbocycles. The van der Waals surface area contributed by atoms with Gasteiger partial charge >= 0.3 is 0 Å². The fourth-order valence-electron chi connectivity index (χ4n) is 2.68. The van der Waals surface area contributed by atoms with E-state index in [1.54, 1.807) is 13.3 Å². The van der Waals surface area contributed by atoms with Crippen molar-refractivity contribution in [2.45, 2.75) is 20.1 Å². The number of nitrogens with zero attached hydrogens (tertiary/aromatic N) is 1. The minimum absolute atomic E-state index is 0.513. The van der Waals surface area contributed by atoms with Gasteiger partial charge in [0, 0.05) is 25.4 Å². The van der Waals surface area contributed by atoms with Crippen molar-refractivity contribution in [3.8, 4) is 17.4 Å². The zero-order chi connectivity index (χ0) is 19.6. The van der Waals surface area contributed by atoms with Crippen molar-refractivity contribution >= 4 is 0 Å². The van der Waals surface area contributed by atoms with Crippen molar-refractivity contribution in [2.24, 2.45) is 0 Å². The summed E-state index contributed by atoms with van der Waals surface area (Å²) < 4.78 is 17.0. The largest absolute Gasteiger partial charge is 0.493 e. The van der Waals surface area contributed by atoms with Crippen LogP contribution in [-0.4, -0.2) is 25.2 Å². The van der Waals surface area contributed by atoms with Crippen molar-refractivity contribution in [1.29, 1.82) is 0 Å². The van der Waals surface area contributed by atoms with Gasteiger partial charge in [-0.15, -0.1) is 0 Å². The van der Waals surface area contributed by atoms with E-state index < -0.39 is 0 Å². The maximum Gasteiger partial charge on any atom is 0.213 e. The molecular weight excluding hydrogens is 352 g/mol. The third kappa shape index (κ3) is 5.99. The van der Waals surface area contributed by atoms with Crippen LogP contribution in [0.4, 0.5) is 0 Å². The van der Waals surface area contributed by atoms with Crippen LogP contribution < -0.4 is 19.5 Å². The quantitative estimate of drug-likeness (QED) is 0.537. The number of hydrogen-bond donors (Lipinski definition) is 1. The van der Waals surface area contributed by atoms with Gasteiger partial charge in [-0.2, -0.15) is 0 Å². The zero-order valence-corrected chi connectivity index (χ0v) is 16.4. The third-order valence-corrected chi connectivity index (χ3v) is 4.24. The normalized spacial score (nSPS) is 10.5. The van der Waals surface area contributed by atoms with Crippen molar-refractivity contribution in [1.82, 2.24) is 10.3 Å². The standard InChI is InChI=1S/C23H26N2O3/c1-18-6-8-19(9-7-18)17-28-21-11-10-20(15-22(21)26-2)16-24-13-14-27-23-5-3-4-12-25-23/h3-12,15,24H,13-14,16-17H2,1-2H3. The van der Waals surface area contributed by atoms with E-state index in [1.807, 2.05) is 36.4 Å².